The third kappa shape index (κ3) is 4.94. The fraction of sp³-hybridized carbons (Fsp3) is 0.500. The highest BCUT2D eigenvalue weighted by atomic mass is 35.5. The molecular weight excluding hydrogens is 299 g/mol. The number of aliphatic hydroxyl groups excluding tert-OH is 1. The average Bonchev–Trinajstić information content (AvgIpc) is 2.32. The Hall–Kier alpha value is -0.810. The first-order valence-electron chi connectivity index (χ1n) is 6.28. The number of amides is 1. The lowest BCUT2D eigenvalue weighted by Crippen LogP contribution is -2.49. The molecule has 0 bridgehead atoms. The van der Waals surface area contributed by atoms with Gasteiger partial charge in [-0.25, -0.2) is 0 Å². The number of halogens is 2. The van der Waals surface area contributed by atoms with E-state index in [1.807, 2.05) is 20.8 Å². The van der Waals surface area contributed by atoms with Crippen molar-refractivity contribution in [3.8, 4) is 0 Å². The zero-order valence-electron chi connectivity index (χ0n) is 11.8. The third-order valence-electron chi connectivity index (χ3n) is 2.95. The van der Waals surface area contributed by atoms with Crippen LogP contribution in [0.15, 0.2) is 18.2 Å². The van der Waals surface area contributed by atoms with E-state index in [0.717, 1.165) is 0 Å². The standard InChI is InChI=1S/C14H20Cl2N2O2/c1-14(2,3)12(17)13(20)18-7-11(19)8-4-9(15)6-10(16)5-8/h4-6,11-12,19H,7,17H2,1-3H3,(H,18,20)/t11?,12-/m1/s1. The normalized spacial score (nSPS) is 14.8. The van der Waals surface area contributed by atoms with Crippen molar-refractivity contribution in [3.63, 3.8) is 0 Å². The van der Waals surface area contributed by atoms with Crippen molar-refractivity contribution in [2.45, 2.75) is 32.9 Å². The fourth-order valence-corrected chi connectivity index (χ4v) is 2.13. The molecule has 1 amide bonds. The smallest absolute Gasteiger partial charge is 0.237 e. The van der Waals surface area contributed by atoms with Crippen molar-refractivity contribution in [2.24, 2.45) is 11.1 Å². The molecule has 0 aliphatic heterocycles. The van der Waals surface area contributed by atoms with Gasteiger partial charge in [-0.15, -0.1) is 0 Å². The second-order valence-electron chi connectivity index (χ2n) is 5.81. The van der Waals surface area contributed by atoms with E-state index in [4.69, 9.17) is 28.9 Å². The van der Waals surface area contributed by atoms with Crippen LogP contribution >= 0.6 is 23.2 Å². The van der Waals surface area contributed by atoms with E-state index in [0.29, 0.717) is 15.6 Å². The molecule has 0 aliphatic rings. The van der Waals surface area contributed by atoms with Crippen molar-refractivity contribution in [1.82, 2.24) is 5.32 Å². The Kier molecular flexibility index (Phi) is 5.83. The molecule has 1 unspecified atom stereocenters. The van der Waals surface area contributed by atoms with Gasteiger partial charge < -0.3 is 16.2 Å². The molecule has 4 nitrogen and oxygen atoms in total. The average molecular weight is 319 g/mol. The van der Waals surface area contributed by atoms with Crippen molar-refractivity contribution in [2.75, 3.05) is 6.54 Å². The van der Waals surface area contributed by atoms with E-state index in [2.05, 4.69) is 5.32 Å². The number of carbonyl (C=O) groups is 1. The monoisotopic (exact) mass is 318 g/mol. The Labute approximate surface area is 129 Å². The molecule has 1 aromatic carbocycles. The molecule has 1 aromatic rings. The molecule has 0 fully saturated rings. The van der Waals surface area contributed by atoms with Gasteiger partial charge in [0.15, 0.2) is 0 Å². The predicted octanol–water partition coefficient (Wildman–Crippen LogP) is 2.52. The second-order valence-corrected chi connectivity index (χ2v) is 6.68. The lowest BCUT2D eigenvalue weighted by atomic mass is 9.87. The number of benzene rings is 1. The summed E-state index contributed by atoms with van der Waals surface area (Å²) in [7, 11) is 0. The zero-order valence-corrected chi connectivity index (χ0v) is 13.3. The first-order valence-corrected chi connectivity index (χ1v) is 7.04. The molecule has 0 spiro atoms. The van der Waals surface area contributed by atoms with Crippen LogP contribution in [0.25, 0.3) is 0 Å². The molecule has 20 heavy (non-hydrogen) atoms. The molecule has 4 N–H and O–H groups in total. The zero-order chi connectivity index (χ0) is 15.5. The van der Waals surface area contributed by atoms with Gasteiger partial charge in [0, 0.05) is 16.6 Å². The highest BCUT2D eigenvalue weighted by Gasteiger charge is 2.27. The molecule has 0 aliphatic carbocycles. The van der Waals surface area contributed by atoms with Gasteiger partial charge >= 0.3 is 0 Å². The van der Waals surface area contributed by atoms with E-state index in [1.165, 1.54) is 0 Å². The molecule has 0 radical (unpaired) electrons. The van der Waals surface area contributed by atoms with Crippen LogP contribution in [0.4, 0.5) is 0 Å². The van der Waals surface area contributed by atoms with Gasteiger partial charge in [-0.05, 0) is 29.2 Å². The van der Waals surface area contributed by atoms with Gasteiger partial charge in [0.1, 0.15) is 0 Å². The maximum atomic E-state index is 11.9. The summed E-state index contributed by atoms with van der Waals surface area (Å²) in [5.74, 6) is -0.301. The SMILES string of the molecule is CC(C)(C)[C@H](N)C(=O)NCC(O)c1cc(Cl)cc(Cl)c1. The van der Waals surface area contributed by atoms with Crippen LogP contribution in [0.5, 0.6) is 0 Å². The van der Waals surface area contributed by atoms with Gasteiger partial charge in [-0.1, -0.05) is 44.0 Å². The first kappa shape index (κ1) is 17.2. The summed E-state index contributed by atoms with van der Waals surface area (Å²) < 4.78 is 0. The van der Waals surface area contributed by atoms with Crippen molar-refractivity contribution >= 4 is 29.1 Å². The third-order valence-corrected chi connectivity index (χ3v) is 3.39. The minimum atomic E-state index is -0.887. The summed E-state index contributed by atoms with van der Waals surface area (Å²) in [6.07, 6.45) is -0.887. The Bertz CT molecular complexity index is 466. The molecule has 112 valence electrons. The molecule has 0 heterocycles. The molecule has 2 atom stereocenters. The summed E-state index contributed by atoms with van der Waals surface area (Å²) in [6.45, 7) is 5.69. The van der Waals surface area contributed by atoms with Crippen molar-refractivity contribution in [1.29, 1.82) is 0 Å². The number of rotatable bonds is 4. The molecule has 6 heteroatoms. The Morgan fingerprint density at radius 2 is 1.80 bits per heavy atom. The topological polar surface area (TPSA) is 75.4 Å². The number of hydrogen-bond donors (Lipinski definition) is 3. The van der Waals surface area contributed by atoms with Crippen LogP contribution in [-0.2, 0) is 4.79 Å². The molecule has 0 saturated heterocycles. The van der Waals surface area contributed by atoms with Gasteiger partial charge in [-0.3, -0.25) is 4.79 Å². The van der Waals surface area contributed by atoms with E-state index >= 15 is 0 Å². The maximum absolute atomic E-state index is 11.9. The minimum Gasteiger partial charge on any atom is -0.387 e. The summed E-state index contributed by atoms with van der Waals surface area (Å²) in [6, 6.07) is 4.15. The minimum absolute atomic E-state index is 0.0548. The van der Waals surface area contributed by atoms with E-state index in [-0.39, 0.29) is 17.9 Å². The summed E-state index contributed by atoms with van der Waals surface area (Å²) >= 11 is 11.7. The number of nitrogens with one attached hydrogen (secondary N) is 1. The molecule has 1 rings (SSSR count). The second kappa shape index (κ2) is 6.76. The predicted molar refractivity (Wildman–Crippen MR) is 81.9 cm³/mol. The number of hydrogen-bond acceptors (Lipinski definition) is 3. The van der Waals surface area contributed by atoms with E-state index in [9.17, 15) is 9.90 Å². The summed E-state index contributed by atoms with van der Waals surface area (Å²) in [4.78, 5) is 11.9. The van der Waals surface area contributed by atoms with Gasteiger partial charge in [0.05, 0.1) is 12.1 Å². The summed E-state index contributed by atoms with van der Waals surface area (Å²) in [5, 5.41) is 13.5. The van der Waals surface area contributed by atoms with Crippen LogP contribution < -0.4 is 11.1 Å². The number of carbonyl (C=O) groups excluding carboxylic acids is 1. The van der Waals surface area contributed by atoms with Crippen molar-refractivity contribution in [3.05, 3.63) is 33.8 Å². The maximum Gasteiger partial charge on any atom is 0.237 e. The van der Waals surface area contributed by atoms with Gasteiger partial charge in [-0.2, -0.15) is 0 Å². The van der Waals surface area contributed by atoms with Crippen LogP contribution in [0.1, 0.15) is 32.4 Å². The molecule has 0 aromatic heterocycles. The van der Waals surface area contributed by atoms with Crippen LogP contribution in [-0.4, -0.2) is 23.6 Å². The number of aliphatic hydroxyl groups is 1. The van der Waals surface area contributed by atoms with Crippen molar-refractivity contribution < 1.29 is 9.90 Å². The highest BCUT2D eigenvalue weighted by molar-refractivity contribution is 6.34. The van der Waals surface area contributed by atoms with E-state index < -0.39 is 12.1 Å². The van der Waals surface area contributed by atoms with Crippen LogP contribution in [0, 0.1) is 5.41 Å². The molecular formula is C14H20Cl2N2O2. The highest BCUT2D eigenvalue weighted by Crippen LogP contribution is 2.23. The largest absolute Gasteiger partial charge is 0.387 e. The number of nitrogens with two attached hydrogens (primary N) is 1. The fourth-order valence-electron chi connectivity index (χ4n) is 1.59. The Morgan fingerprint density at radius 3 is 2.25 bits per heavy atom. The van der Waals surface area contributed by atoms with Crippen LogP contribution in [0.3, 0.4) is 0 Å². The Morgan fingerprint density at radius 1 is 1.30 bits per heavy atom. The van der Waals surface area contributed by atoms with Gasteiger partial charge in [0.2, 0.25) is 5.91 Å². The van der Waals surface area contributed by atoms with E-state index in [1.54, 1.807) is 18.2 Å². The lowest BCUT2D eigenvalue weighted by Gasteiger charge is -2.26. The van der Waals surface area contributed by atoms with Crippen LogP contribution in [0.2, 0.25) is 10.0 Å². The first-order chi connectivity index (χ1) is 9.11. The Balaban J connectivity index is 2.63. The van der Waals surface area contributed by atoms with Gasteiger partial charge in [0.25, 0.3) is 0 Å². The lowest BCUT2D eigenvalue weighted by molar-refractivity contribution is -0.125. The quantitative estimate of drug-likeness (QED) is 0.798. The molecule has 0 saturated carbocycles. The summed E-state index contributed by atoms with van der Waals surface area (Å²) in [5.41, 5.74) is 6.04.